The molecule has 0 aromatic heterocycles. The Morgan fingerprint density at radius 2 is 2.10 bits per heavy atom. The Kier molecular flexibility index (Phi) is 4.31. The number of methoxy groups -OCH3 is 1. The first kappa shape index (κ1) is 14.7. The van der Waals surface area contributed by atoms with Crippen molar-refractivity contribution in [3.63, 3.8) is 0 Å². The number of anilines is 1. The van der Waals surface area contributed by atoms with E-state index in [1.54, 1.807) is 12.1 Å². The van der Waals surface area contributed by atoms with E-state index in [0.29, 0.717) is 22.0 Å². The topological polar surface area (TPSA) is 82.3 Å². The normalized spacial score (nSPS) is 9.76. The maximum Gasteiger partial charge on any atom is 0.259 e. The number of carbonyl (C=O) groups is 1. The summed E-state index contributed by atoms with van der Waals surface area (Å²) in [6.45, 7) is 0. The summed E-state index contributed by atoms with van der Waals surface area (Å²) in [4.78, 5) is 12.1. The van der Waals surface area contributed by atoms with Gasteiger partial charge in [0.2, 0.25) is 0 Å². The van der Waals surface area contributed by atoms with Gasteiger partial charge in [0.05, 0.1) is 30.0 Å². The van der Waals surface area contributed by atoms with Gasteiger partial charge in [0, 0.05) is 11.1 Å². The van der Waals surface area contributed by atoms with Crippen LogP contribution in [0.15, 0.2) is 36.4 Å². The van der Waals surface area contributed by atoms with E-state index < -0.39 is 5.91 Å². The lowest BCUT2D eigenvalue weighted by atomic mass is 10.1. The number of hydrogen-bond acceptors (Lipinski definition) is 4. The number of nitriles is 1. The highest BCUT2D eigenvalue weighted by molar-refractivity contribution is 6.31. The first-order valence-electron chi connectivity index (χ1n) is 5.93. The second-order valence-electron chi connectivity index (χ2n) is 4.14. The molecule has 2 aromatic rings. The van der Waals surface area contributed by atoms with E-state index in [9.17, 15) is 9.90 Å². The Hall–Kier alpha value is -2.71. The number of nitrogens with zero attached hydrogens (tertiary/aromatic N) is 1. The fourth-order valence-corrected chi connectivity index (χ4v) is 1.92. The zero-order chi connectivity index (χ0) is 15.4. The molecule has 0 spiro atoms. The highest BCUT2D eigenvalue weighted by atomic mass is 35.5. The second-order valence-corrected chi connectivity index (χ2v) is 4.58. The quantitative estimate of drug-likeness (QED) is 0.912. The average Bonchev–Trinajstić information content (AvgIpc) is 2.47. The Morgan fingerprint density at radius 1 is 1.33 bits per heavy atom. The number of hydrogen-bond donors (Lipinski definition) is 2. The molecule has 2 aromatic carbocycles. The van der Waals surface area contributed by atoms with Crippen LogP contribution in [-0.2, 0) is 0 Å². The minimum atomic E-state index is -0.507. The van der Waals surface area contributed by atoms with E-state index >= 15 is 0 Å². The summed E-state index contributed by atoms with van der Waals surface area (Å²) >= 11 is 5.72. The van der Waals surface area contributed by atoms with Gasteiger partial charge < -0.3 is 15.2 Å². The van der Waals surface area contributed by atoms with Crippen molar-refractivity contribution in [1.29, 1.82) is 5.26 Å². The summed E-state index contributed by atoms with van der Waals surface area (Å²) in [6.07, 6.45) is 0. The second kappa shape index (κ2) is 6.16. The molecule has 0 aliphatic rings. The van der Waals surface area contributed by atoms with Gasteiger partial charge in [-0.2, -0.15) is 5.26 Å². The molecular weight excluding hydrogens is 292 g/mol. The van der Waals surface area contributed by atoms with Crippen molar-refractivity contribution in [2.75, 3.05) is 12.4 Å². The highest BCUT2D eigenvalue weighted by Gasteiger charge is 2.14. The zero-order valence-corrected chi connectivity index (χ0v) is 11.8. The standard InChI is InChI=1S/C15H11ClN2O3/c1-21-14-6-9(8-17)2-5-12(14)18-15(20)11-4-3-10(16)7-13(11)19/h2-7,19H,1H3,(H,18,20). The number of carbonyl (C=O) groups excluding carboxylic acids is 1. The number of aromatic hydroxyl groups is 1. The molecule has 0 saturated heterocycles. The SMILES string of the molecule is COc1cc(C#N)ccc1NC(=O)c1ccc(Cl)cc1O. The number of ether oxygens (including phenoxy) is 1. The van der Waals surface area contributed by atoms with Crippen molar-refractivity contribution in [2.45, 2.75) is 0 Å². The molecule has 0 aliphatic carbocycles. The predicted molar refractivity (Wildman–Crippen MR) is 78.8 cm³/mol. The van der Waals surface area contributed by atoms with Gasteiger partial charge in [-0.25, -0.2) is 0 Å². The van der Waals surface area contributed by atoms with E-state index in [2.05, 4.69) is 5.32 Å². The molecule has 0 fully saturated rings. The van der Waals surface area contributed by atoms with Gasteiger partial charge in [0.15, 0.2) is 0 Å². The largest absolute Gasteiger partial charge is 0.507 e. The molecule has 0 unspecified atom stereocenters. The molecular formula is C15H11ClN2O3. The number of nitrogens with one attached hydrogen (secondary N) is 1. The third kappa shape index (κ3) is 3.25. The molecule has 0 bridgehead atoms. The molecule has 0 atom stereocenters. The number of phenolic OH excluding ortho intramolecular Hbond substituents is 1. The van der Waals surface area contributed by atoms with Gasteiger partial charge in [0.25, 0.3) is 5.91 Å². The van der Waals surface area contributed by atoms with Gasteiger partial charge in [-0.3, -0.25) is 4.79 Å². The van der Waals surface area contributed by atoms with E-state index in [4.69, 9.17) is 21.6 Å². The van der Waals surface area contributed by atoms with Crippen LogP contribution in [-0.4, -0.2) is 18.1 Å². The Balaban J connectivity index is 2.29. The lowest BCUT2D eigenvalue weighted by Gasteiger charge is -2.11. The average molecular weight is 303 g/mol. The summed E-state index contributed by atoms with van der Waals surface area (Å²) in [7, 11) is 1.44. The summed E-state index contributed by atoms with van der Waals surface area (Å²) < 4.78 is 5.12. The maximum absolute atomic E-state index is 12.1. The smallest absolute Gasteiger partial charge is 0.259 e. The molecule has 106 valence electrons. The molecule has 2 rings (SSSR count). The fourth-order valence-electron chi connectivity index (χ4n) is 1.75. The summed E-state index contributed by atoms with van der Waals surface area (Å²) in [5.41, 5.74) is 0.904. The fraction of sp³-hybridized carbons (Fsp3) is 0.0667. The van der Waals surface area contributed by atoms with Crippen LogP contribution in [0.1, 0.15) is 15.9 Å². The molecule has 0 saturated carbocycles. The lowest BCUT2D eigenvalue weighted by Crippen LogP contribution is -2.12. The van der Waals surface area contributed by atoms with Crippen LogP contribution in [0.2, 0.25) is 5.02 Å². The minimum Gasteiger partial charge on any atom is -0.507 e. The van der Waals surface area contributed by atoms with Crippen molar-refractivity contribution in [1.82, 2.24) is 0 Å². The van der Waals surface area contributed by atoms with Gasteiger partial charge in [-0.15, -0.1) is 0 Å². The highest BCUT2D eigenvalue weighted by Crippen LogP contribution is 2.28. The molecule has 0 aliphatic heterocycles. The molecule has 6 heteroatoms. The lowest BCUT2D eigenvalue weighted by molar-refractivity contribution is 0.102. The first-order valence-corrected chi connectivity index (χ1v) is 6.31. The van der Waals surface area contributed by atoms with Crippen molar-refractivity contribution in [3.8, 4) is 17.6 Å². The third-order valence-corrected chi connectivity index (χ3v) is 3.02. The van der Waals surface area contributed by atoms with Crippen molar-refractivity contribution < 1.29 is 14.6 Å². The van der Waals surface area contributed by atoms with Crippen LogP contribution in [0.3, 0.4) is 0 Å². The third-order valence-electron chi connectivity index (χ3n) is 2.78. The number of rotatable bonds is 3. The number of phenols is 1. The van der Waals surface area contributed by atoms with E-state index in [0.717, 1.165) is 0 Å². The van der Waals surface area contributed by atoms with Crippen molar-refractivity contribution in [2.24, 2.45) is 0 Å². The van der Waals surface area contributed by atoms with Crippen molar-refractivity contribution >= 4 is 23.2 Å². The van der Waals surface area contributed by atoms with Crippen LogP contribution >= 0.6 is 11.6 Å². The molecule has 1 amide bonds. The van der Waals surface area contributed by atoms with Crippen LogP contribution in [0.4, 0.5) is 5.69 Å². The first-order chi connectivity index (χ1) is 10.0. The molecule has 5 nitrogen and oxygen atoms in total. The molecule has 2 N–H and O–H groups in total. The van der Waals surface area contributed by atoms with Crippen molar-refractivity contribution in [3.05, 3.63) is 52.5 Å². The van der Waals surface area contributed by atoms with Crippen LogP contribution < -0.4 is 10.1 Å². The zero-order valence-electron chi connectivity index (χ0n) is 11.1. The maximum atomic E-state index is 12.1. The Bertz CT molecular complexity index is 738. The molecule has 0 heterocycles. The number of amides is 1. The molecule has 0 radical (unpaired) electrons. The van der Waals surface area contributed by atoms with Gasteiger partial charge in [-0.1, -0.05) is 11.6 Å². The van der Waals surface area contributed by atoms with E-state index in [1.165, 1.54) is 31.4 Å². The predicted octanol–water partition coefficient (Wildman–Crippen LogP) is 3.18. The monoisotopic (exact) mass is 302 g/mol. The molecule has 21 heavy (non-hydrogen) atoms. The minimum absolute atomic E-state index is 0.0887. The van der Waals surface area contributed by atoms with Gasteiger partial charge in [-0.05, 0) is 30.3 Å². The van der Waals surface area contributed by atoms with Crippen LogP contribution in [0, 0.1) is 11.3 Å². The van der Waals surface area contributed by atoms with Gasteiger partial charge >= 0.3 is 0 Å². The Morgan fingerprint density at radius 3 is 2.71 bits per heavy atom. The Labute approximate surface area is 126 Å². The van der Waals surface area contributed by atoms with Crippen LogP contribution in [0.25, 0.3) is 0 Å². The van der Waals surface area contributed by atoms with Crippen LogP contribution in [0.5, 0.6) is 11.5 Å². The summed E-state index contributed by atoms with van der Waals surface area (Å²) in [5.74, 6) is -0.365. The van der Waals surface area contributed by atoms with E-state index in [1.807, 2.05) is 6.07 Å². The summed E-state index contributed by atoms with van der Waals surface area (Å²) in [5, 5.41) is 21.5. The number of halogens is 1. The van der Waals surface area contributed by atoms with Gasteiger partial charge in [0.1, 0.15) is 11.5 Å². The number of benzene rings is 2. The van der Waals surface area contributed by atoms with E-state index in [-0.39, 0.29) is 11.3 Å². The summed E-state index contributed by atoms with van der Waals surface area (Å²) in [6, 6.07) is 10.8.